The first kappa shape index (κ1) is 15.1. The Morgan fingerprint density at radius 1 is 1.53 bits per heavy atom. The van der Waals surface area contributed by atoms with Crippen molar-refractivity contribution in [2.75, 3.05) is 6.54 Å². The van der Waals surface area contributed by atoms with Gasteiger partial charge in [0.05, 0.1) is 13.1 Å². The van der Waals surface area contributed by atoms with E-state index in [1.54, 1.807) is 6.07 Å². The minimum absolute atomic E-state index is 0.0411. The number of nitrogens with two attached hydrogens (primary N) is 1. The lowest BCUT2D eigenvalue weighted by Crippen LogP contribution is -2.48. The SMILES string of the molecule is CC(C)(C)C(CN)NC(=O)c1cc(Br)sc1Br. The van der Waals surface area contributed by atoms with Gasteiger partial charge in [-0.15, -0.1) is 11.3 Å². The maximum absolute atomic E-state index is 12.1. The third kappa shape index (κ3) is 4.05. The van der Waals surface area contributed by atoms with Gasteiger partial charge in [-0.05, 0) is 43.3 Å². The third-order valence-corrected chi connectivity index (χ3v) is 4.83. The molecule has 6 heteroatoms. The molecule has 0 spiro atoms. The largest absolute Gasteiger partial charge is 0.347 e. The minimum Gasteiger partial charge on any atom is -0.347 e. The van der Waals surface area contributed by atoms with Gasteiger partial charge in [0.15, 0.2) is 0 Å². The molecule has 1 rings (SSSR count). The highest BCUT2D eigenvalue weighted by Gasteiger charge is 2.26. The molecule has 3 nitrogen and oxygen atoms in total. The molecule has 0 aliphatic heterocycles. The first-order valence-electron chi connectivity index (χ1n) is 5.21. The molecule has 0 bridgehead atoms. The van der Waals surface area contributed by atoms with Crippen LogP contribution in [0.3, 0.4) is 0 Å². The molecule has 0 aromatic carbocycles. The number of amides is 1. The number of halogens is 2. The Labute approximate surface area is 122 Å². The zero-order valence-electron chi connectivity index (χ0n) is 10.0. The Morgan fingerprint density at radius 3 is 2.47 bits per heavy atom. The molecule has 1 heterocycles. The summed E-state index contributed by atoms with van der Waals surface area (Å²) in [4.78, 5) is 12.1. The summed E-state index contributed by atoms with van der Waals surface area (Å²) in [6.07, 6.45) is 0. The average molecular weight is 384 g/mol. The van der Waals surface area contributed by atoms with E-state index in [-0.39, 0.29) is 17.4 Å². The van der Waals surface area contributed by atoms with E-state index in [0.29, 0.717) is 12.1 Å². The molecule has 1 aromatic heterocycles. The fourth-order valence-electron chi connectivity index (χ4n) is 1.36. The summed E-state index contributed by atoms with van der Waals surface area (Å²) in [5.41, 5.74) is 6.29. The van der Waals surface area contributed by atoms with Crippen molar-refractivity contribution in [1.29, 1.82) is 0 Å². The van der Waals surface area contributed by atoms with E-state index in [1.165, 1.54) is 11.3 Å². The molecule has 0 radical (unpaired) electrons. The van der Waals surface area contributed by atoms with Crippen molar-refractivity contribution < 1.29 is 4.79 Å². The average Bonchev–Trinajstić information content (AvgIpc) is 2.52. The quantitative estimate of drug-likeness (QED) is 0.840. The predicted octanol–water partition coefficient (Wildman–Crippen LogP) is 3.38. The molecular formula is C11H16Br2N2OS. The van der Waals surface area contributed by atoms with E-state index in [1.807, 2.05) is 0 Å². The smallest absolute Gasteiger partial charge is 0.253 e. The molecule has 1 atom stereocenters. The van der Waals surface area contributed by atoms with Crippen LogP contribution in [0.4, 0.5) is 0 Å². The van der Waals surface area contributed by atoms with Gasteiger partial charge in [0.1, 0.15) is 0 Å². The standard InChI is InChI=1S/C11H16Br2N2OS/c1-11(2,3)7(5-14)15-10(16)6-4-8(12)17-9(6)13/h4,7H,5,14H2,1-3H3,(H,15,16). The maximum atomic E-state index is 12.1. The van der Waals surface area contributed by atoms with Crippen molar-refractivity contribution in [1.82, 2.24) is 5.32 Å². The number of nitrogens with one attached hydrogen (secondary N) is 1. The Morgan fingerprint density at radius 2 is 2.12 bits per heavy atom. The molecule has 0 aliphatic rings. The molecule has 96 valence electrons. The van der Waals surface area contributed by atoms with E-state index >= 15 is 0 Å². The zero-order valence-corrected chi connectivity index (χ0v) is 14.0. The molecule has 0 aliphatic carbocycles. The lowest BCUT2D eigenvalue weighted by molar-refractivity contribution is 0.0905. The summed E-state index contributed by atoms with van der Waals surface area (Å²) in [5, 5.41) is 2.97. The fourth-order valence-corrected chi connectivity index (χ4v) is 4.15. The Hall–Kier alpha value is 0.0900. The van der Waals surface area contributed by atoms with Gasteiger partial charge in [-0.25, -0.2) is 0 Å². The van der Waals surface area contributed by atoms with Gasteiger partial charge < -0.3 is 11.1 Å². The van der Waals surface area contributed by atoms with E-state index in [4.69, 9.17) is 5.73 Å². The highest BCUT2D eigenvalue weighted by atomic mass is 79.9. The van der Waals surface area contributed by atoms with Crippen LogP contribution in [0.1, 0.15) is 31.1 Å². The van der Waals surface area contributed by atoms with Gasteiger partial charge in [0, 0.05) is 12.6 Å². The number of carbonyl (C=O) groups excluding carboxylic acids is 1. The summed E-state index contributed by atoms with van der Waals surface area (Å²) in [7, 11) is 0. The summed E-state index contributed by atoms with van der Waals surface area (Å²) in [6, 6.07) is 1.76. The van der Waals surface area contributed by atoms with Gasteiger partial charge in [-0.1, -0.05) is 20.8 Å². The van der Waals surface area contributed by atoms with Crippen LogP contribution in [0.15, 0.2) is 13.6 Å². The van der Waals surface area contributed by atoms with Crippen LogP contribution < -0.4 is 11.1 Å². The second kappa shape index (κ2) is 5.82. The Bertz CT molecular complexity index is 412. The number of hydrogen-bond acceptors (Lipinski definition) is 3. The number of thiophene rings is 1. The normalized spacial score (nSPS) is 13.5. The van der Waals surface area contributed by atoms with Crippen LogP contribution >= 0.6 is 43.2 Å². The van der Waals surface area contributed by atoms with Crippen molar-refractivity contribution in [3.63, 3.8) is 0 Å². The van der Waals surface area contributed by atoms with Crippen molar-refractivity contribution in [2.24, 2.45) is 11.1 Å². The van der Waals surface area contributed by atoms with Gasteiger partial charge in [-0.2, -0.15) is 0 Å². The minimum atomic E-state index is -0.0933. The summed E-state index contributed by atoms with van der Waals surface area (Å²) >= 11 is 8.22. The van der Waals surface area contributed by atoms with Crippen molar-refractivity contribution in [3.05, 3.63) is 19.2 Å². The Balaban J connectivity index is 2.82. The van der Waals surface area contributed by atoms with Crippen LogP contribution in [0, 0.1) is 5.41 Å². The van der Waals surface area contributed by atoms with E-state index in [9.17, 15) is 4.79 Å². The topological polar surface area (TPSA) is 55.1 Å². The summed E-state index contributed by atoms with van der Waals surface area (Å²) in [6.45, 7) is 6.61. The summed E-state index contributed by atoms with van der Waals surface area (Å²) < 4.78 is 1.75. The first-order valence-corrected chi connectivity index (χ1v) is 7.61. The van der Waals surface area contributed by atoms with Gasteiger partial charge in [0.25, 0.3) is 5.91 Å². The molecule has 0 fully saturated rings. The molecule has 0 saturated heterocycles. The lowest BCUT2D eigenvalue weighted by atomic mass is 9.86. The van der Waals surface area contributed by atoms with E-state index in [2.05, 4.69) is 57.9 Å². The van der Waals surface area contributed by atoms with Gasteiger partial charge >= 0.3 is 0 Å². The molecule has 0 saturated carbocycles. The van der Waals surface area contributed by atoms with E-state index in [0.717, 1.165) is 7.57 Å². The monoisotopic (exact) mass is 382 g/mol. The Kier molecular flexibility index (Phi) is 5.19. The van der Waals surface area contributed by atoms with Crippen molar-refractivity contribution in [3.8, 4) is 0 Å². The second-order valence-electron chi connectivity index (χ2n) is 4.87. The molecular weight excluding hydrogens is 368 g/mol. The van der Waals surface area contributed by atoms with Crippen LogP contribution in [-0.2, 0) is 0 Å². The van der Waals surface area contributed by atoms with E-state index < -0.39 is 0 Å². The fraction of sp³-hybridized carbons (Fsp3) is 0.545. The maximum Gasteiger partial charge on any atom is 0.253 e. The second-order valence-corrected chi connectivity index (χ2v) is 8.62. The predicted molar refractivity (Wildman–Crippen MR) is 79.5 cm³/mol. The molecule has 1 unspecified atom stereocenters. The first-order chi connectivity index (χ1) is 7.75. The molecule has 3 N–H and O–H groups in total. The van der Waals surface area contributed by atoms with Crippen molar-refractivity contribution in [2.45, 2.75) is 26.8 Å². The van der Waals surface area contributed by atoms with Gasteiger partial charge in [-0.3, -0.25) is 4.79 Å². The van der Waals surface area contributed by atoms with Crippen LogP contribution in [0.2, 0.25) is 0 Å². The lowest BCUT2D eigenvalue weighted by Gasteiger charge is -2.30. The molecule has 17 heavy (non-hydrogen) atoms. The number of carbonyl (C=O) groups is 1. The highest BCUT2D eigenvalue weighted by molar-refractivity contribution is 9.12. The summed E-state index contributed by atoms with van der Waals surface area (Å²) in [5.74, 6) is -0.0933. The van der Waals surface area contributed by atoms with Crippen LogP contribution in [-0.4, -0.2) is 18.5 Å². The third-order valence-electron chi connectivity index (χ3n) is 2.49. The molecule has 1 amide bonds. The van der Waals surface area contributed by atoms with Crippen molar-refractivity contribution >= 4 is 49.1 Å². The zero-order chi connectivity index (χ0) is 13.2. The van der Waals surface area contributed by atoms with Crippen LogP contribution in [0.5, 0.6) is 0 Å². The number of hydrogen-bond donors (Lipinski definition) is 2. The number of rotatable bonds is 3. The van der Waals surface area contributed by atoms with Crippen LogP contribution in [0.25, 0.3) is 0 Å². The molecule has 1 aromatic rings. The highest BCUT2D eigenvalue weighted by Crippen LogP contribution is 2.32. The van der Waals surface area contributed by atoms with Gasteiger partial charge in [0.2, 0.25) is 0 Å².